The number of ether oxygens (including phenoxy) is 2. The maximum absolute atomic E-state index is 5.58. The first-order valence-corrected chi connectivity index (χ1v) is 7.79. The van der Waals surface area contributed by atoms with Crippen LogP contribution in [0.15, 0.2) is 6.07 Å². The van der Waals surface area contributed by atoms with Crippen LogP contribution < -0.4 is 10.6 Å². The summed E-state index contributed by atoms with van der Waals surface area (Å²) < 4.78 is 11.0. The molecule has 21 heavy (non-hydrogen) atoms. The molecular formula is C15H26N4O2. The van der Waals surface area contributed by atoms with Gasteiger partial charge in [-0.3, -0.25) is 0 Å². The van der Waals surface area contributed by atoms with Crippen molar-refractivity contribution in [3.63, 3.8) is 0 Å². The van der Waals surface area contributed by atoms with E-state index in [-0.39, 0.29) is 0 Å². The number of hydrogen-bond acceptors (Lipinski definition) is 6. The van der Waals surface area contributed by atoms with Crippen molar-refractivity contribution in [1.82, 2.24) is 9.97 Å². The van der Waals surface area contributed by atoms with Gasteiger partial charge in [0.15, 0.2) is 5.82 Å². The summed E-state index contributed by atoms with van der Waals surface area (Å²) >= 11 is 0. The van der Waals surface area contributed by atoms with Gasteiger partial charge in [-0.05, 0) is 33.6 Å². The fraction of sp³-hybridized carbons (Fsp3) is 0.733. The molecule has 0 saturated carbocycles. The SMILES string of the molecule is CCNc1cc(NC2CCOC(C)C2)nc(COCC)n1. The zero-order valence-electron chi connectivity index (χ0n) is 13.2. The summed E-state index contributed by atoms with van der Waals surface area (Å²) in [6, 6.07) is 2.36. The van der Waals surface area contributed by atoms with Crippen molar-refractivity contribution in [2.75, 3.05) is 30.4 Å². The summed E-state index contributed by atoms with van der Waals surface area (Å²) in [6.07, 6.45) is 2.31. The highest BCUT2D eigenvalue weighted by atomic mass is 16.5. The monoisotopic (exact) mass is 294 g/mol. The van der Waals surface area contributed by atoms with E-state index in [4.69, 9.17) is 9.47 Å². The summed E-state index contributed by atoms with van der Waals surface area (Å²) in [5.41, 5.74) is 0. The predicted octanol–water partition coefficient (Wildman–Crippen LogP) is 2.42. The molecule has 1 fully saturated rings. The second-order valence-electron chi connectivity index (χ2n) is 5.27. The average Bonchev–Trinajstić information content (AvgIpc) is 2.45. The number of aromatic nitrogens is 2. The molecule has 6 nitrogen and oxygen atoms in total. The molecule has 2 rings (SSSR count). The van der Waals surface area contributed by atoms with E-state index in [2.05, 4.69) is 34.4 Å². The van der Waals surface area contributed by atoms with Gasteiger partial charge in [0.2, 0.25) is 0 Å². The number of rotatable bonds is 7. The Hall–Kier alpha value is -1.40. The lowest BCUT2D eigenvalue weighted by atomic mass is 10.0. The zero-order chi connectivity index (χ0) is 15.1. The van der Waals surface area contributed by atoms with Gasteiger partial charge in [-0.15, -0.1) is 0 Å². The van der Waals surface area contributed by atoms with Gasteiger partial charge in [0.25, 0.3) is 0 Å². The van der Waals surface area contributed by atoms with E-state index in [1.807, 2.05) is 13.0 Å². The molecule has 1 aromatic rings. The average molecular weight is 294 g/mol. The van der Waals surface area contributed by atoms with Crippen LogP contribution in [0.25, 0.3) is 0 Å². The Morgan fingerprint density at radius 3 is 2.86 bits per heavy atom. The molecule has 0 amide bonds. The van der Waals surface area contributed by atoms with E-state index in [1.54, 1.807) is 0 Å². The number of nitrogens with one attached hydrogen (secondary N) is 2. The molecule has 2 atom stereocenters. The summed E-state index contributed by atoms with van der Waals surface area (Å²) in [5.74, 6) is 2.40. The van der Waals surface area contributed by atoms with Crippen molar-refractivity contribution in [1.29, 1.82) is 0 Å². The smallest absolute Gasteiger partial charge is 0.158 e. The lowest BCUT2D eigenvalue weighted by Crippen LogP contribution is -2.32. The number of hydrogen-bond donors (Lipinski definition) is 2. The second kappa shape index (κ2) is 8.14. The normalized spacial score (nSPS) is 22.0. The minimum atomic E-state index is 0.300. The fourth-order valence-corrected chi connectivity index (χ4v) is 2.44. The van der Waals surface area contributed by atoms with Crippen molar-refractivity contribution in [2.24, 2.45) is 0 Å². The quantitative estimate of drug-likeness (QED) is 0.805. The molecule has 2 heterocycles. The maximum atomic E-state index is 5.58. The van der Waals surface area contributed by atoms with Gasteiger partial charge in [-0.1, -0.05) is 0 Å². The highest BCUT2D eigenvalue weighted by Crippen LogP contribution is 2.19. The summed E-state index contributed by atoms with van der Waals surface area (Å²) in [6.45, 7) is 8.87. The molecule has 1 aromatic heterocycles. The first kappa shape index (κ1) is 16.0. The third-order valence-electron chi connectivity index (χ3n) is 3.40. The molecular weight excluding hydrogens is 268 g/mol. The fourth-order valence-electron chi connectivity index (χ4n) is 2.44. The first-order chi connectivity index (χ1) is 10.2. The van der Waals surface area contributed by atoms with Crippen LogP contribution in [0.1, 0.15) is 39.4 Å². The Labute approximate surface area is 126 Å². The molecule has 0 radical (unpaired) electrons. The van der Waals surface area contributed by atoms with Crippen LogP contribution in [0.3, 0.4) is 0 Å². The molecule has 1 aliphatic rings. The van der Waals surface area contributed by atoms with E-state index < -0.39 is 0 Å². The van der Waals surface area contributed by atoms with E-state index >= 15 is 0 Å². The van der Waals surface area contributed by atoms with Gasteiger partial charge >= 0.3 is 0 Å². The molecule has 0 aliphatic carbocycles. The molecule has 118 valence electrons. The molecule has 1 aliphatic heterocycles. The van der Waals surface area contributed by atoms with Crippen molar-refractivity contribution < 1.29 is 9.47 Å². The van der Waals surface area contributed by atoms with E-state index in [0.29, 0.717) is 31.2 Å². The molecule has 0 spiro atoms. The lowest BCUT2D eigenvalue weighted by molar-refractivity contribution is 0.0231. The molecule has 2 N–H and O–H groups in total. The van der Waals surface area contributed by atoms with Gasteiger partial charge in [0.1, 0.15) is 18.2 Å². The van der Waals surface area contributed by atoms with Gasteiger partial charge in [-0.25, -0.2) is 9.97 Å². The largest absolute Gasteiger partial charge is 0.378 e. The maximum Gasteiger partial charge on any atom is 0.158 e. The van der Waals surface area contributed by atoms with Gasteiger partial charge in [-0.2, -0.15) is 0 Å². The topological polar surface area (TPSA) is 68.3 Å². The number of anilines is 2. The summed E-state index contributed by atoms with van der Waals surface area (Å²) in [5, 5.41) is 6.74. The lowest BCUT2D eigenvalue weighted by Gasteiger charge is -2.28. The van der Waals surface area contributed by atoms with Crippen LogP contribution in [0.2, 0.25) is 0 Å². The third-order valence-corrected chi connectivity index (χ3v) is 3.40. The summed E-state index contributed by atoms with van der Waals surface area (Å²) in [7, 11) is 0. The van der Waals surface area contributed by atoms with Crippen LogP contribution in [-0.4, -0.2) is 41.9 Å². The molecule has 0 aromatic carbocycles. The van der Waals surface area contributed by atoms with Crippen molar-refractivity contribution in [3.05, 3.63) is 11.9 Å². The van der Waals surface area contributed by atoms with Gasteiger partial charge < -0.3 is 20.1 Å². The molecule has 2 unspecified atom stereocenters. The molecule has 6 heteroatoms. The molecule has 0 bridgehead atoms. The van der Waals surface area contributed by atoms with E-state index in [9.17, 15) is 0 Å². The van der Waals surface area contributed by atoms with Crippen molar-refractivity contribution in [2.45, 2.75) is 52.4 Å². The first-order valence-electron chi connectivity index (χ1n) is 7.79. The minimum absolute atomic E-state index is 0.300. The third kappa shape index (κ3) is 5.13. The summed E-state index contributed by atoms with van der Waals surface area (Å²) in [4.78, 5) is 9.00. The Morgan fingerprint density at radius 2 is 2.14 bits per heavy atom. The Kier molecular flexibility index (Phi) is 6.20. The Balaban J connectivity index is 2.06. The van der Waals surface area contributed by atoms with Crippen LogP contribution in [0.4, 0.5) is 11.6 Å². The van der Waals surface area contributed by atoms with Gasteiger partial charge in [0.05, 0.1) is 6.10 Å². The van der Waals surface area contributed by atoms with Crippen molar-refractivity contribution in [3.8, 4) is 0 Å². The van der Waals surface area contributed by atoms with E-state index in [0.717, 1.165) is 37.6 Å². The number of nitrogens with zero attached hydrogens (tertiary/aromatic N) is 2. The molecule has 1 saturated heterocycles. The standard InChI is InChI=1S/C15H26N4O2/c1-4-16-13-9-14(19-15(18-13)10-20-5-2)17-12-6-7-21-11(3)8-12/h9,11-12H,4-8,10H2,1-3H3,(H2,16,17,18,19). The van der Waals surface area contributed by atoms with Crippen LogP contribution in [-0.2, 0) is 16.1 Å². The Bertz CT molecular complexity index is 442. The van der Waals surface area contributed by atoms with Gasteiger partial charge in [0, 0.05) is 31.9 Å². The second-order valence-corrected chi connectivity index (χ2v) is 5.27. The zero-order valence-corrected chi connectivity index (χ0v) is 13.2. The van der Waals surface area contributed by atoms with Crippen LogP contribution in [0.5, 0.6) is 0 Å². The Morgan fingerprint density at radius 1 is 1.33 bits per heavy atom. The highest BCUT2D eigenvalue weighted by molar-refractivity contribution is 5.48. The van der Waals surface area contributed by atoms with Crippen molar-refractivity contribution >= 4 is 11.6 Å². The minimum Gasteiger partial charge on any atom is -0.378 e. The van der Waals surface area contributed by atoms with Crippen LogP contribution >= 0.6 is 0 Å². The highest BCUT2D eigenvalue weighted by Gasteiger charge is 2.19. The van der Waals surface area contributed by atoms with Crippen LogP contribution in [0, 0.1) is 0 Å². The predicted molar refractivity (Wildman–Crippen MR) is 83.6 cm³/mol. The van der Waals surface area contributed by atoms with E-state index in [1.165, 1.54) is 0 Å².